The van der Waals surface area contributed by atoms with Gasteiger partial charge >= 0.3 is 5.63 Å². The van der Waals surface area contributed by atoms with E-state index in [1.54, 1.807) is 41.0 Å². The van der Waals surface area contributed by atoms with Gasteiger partial charge in [-0.1, -0.05) is 39.0 Å². The van der Waals surface area contributed by atoms with Crippen LogP contribution in [0.5, 0.6) is 5.75 Å². The van der Waals surface area contributed by atoms with Gasteiger partial charge < -0.3 is 18.8 Å². The molecule has 1 aliphatic carbocycles. The van der Waals surface area contributed by atoms with Crippen LogP contribution in [0.25, 0.3) is 34.4 Å². The molecule has 0 saturated heterocycles. The van der Waals surface area contributed by atoms with Crippen molar-refractivity contribution in [2.45, 2.75) is 52.9 Å². The molecule has 270 valence electrons. The van der Waals surface area contributed by atoms with E-state index in [1.165, 1.54) is 6.08 Å². The average molecular weight is 730 g/mol. The van der Waals surface area contributed by atoms with Crippen LogP contribution < -0.4 is 20.5 Å². The molecule has 0 atom stereocenters. The zero-order valence-electron chi connectivity index (χ0n) is 28.9. The van der Waals surface area contributed by atoms with Crippen molar-refractivity contribution in [3.8, 4) is 17.1 Å². The Hall–Kier alpha value is -4.24. The second-order valence-corrected chi connectivity index (χ2v) is 16.1. The quantitative estimate of drug-likeness (QED) is 0.0656. The van der Waals surface area contributed by atoms with Crippen molar-refractivity contribution < 1.29 is 39.9 Å². The molecule has 0 fully saturated rings. The molecule has 1 aromatic heterocycles. The van der Waals surface area contributed by atoms with Crippen LogP contribution in [0.3, 0.4) is 0 Å². The first kappa shape index (κ1) is 38.6. The number of hydrogen-bond donors (Lipinski definition) is 3. The highest BCUT2D eigenvalue weighted by Crippen LogP contribution is 2.33. The van der Waals surface area contributed by atoms with Crippen LogP contribution >= 0.6 is 0 Å². The first-order valence-corrected chi connectivity index (χ1v) is 19.6. The normalized spacial score (nSPS) is 12.9. The van der Waals surface area contributed by atoms with Crippen LogP contribution in [0.1, 0.15) is 64.3 Å². The molecular weight excluding hydrogens is 685 g/mol. The van der Waals surface area contributed by atoms with E-state index < -0.39 is 37.4 Å². The highest BCUT2D eigenvalue weighted by molar-refractivity contribution is 7.86. The van der Waals surface area contributed by atoms with E-state index in [2.05, 4.69) is 4.90 Å². The summed E-state index contributed by atoms with van der Waals surface area (Å²) in [6.45, 7) is 12.0. The second kappa shape index (κ2) is 15.8. The Bertz CT molecular complexity index is 2180. The molecule has 0 amide bonds. The Labute approximate surface area is 292 Å². The van der Waals surface area contributed by atoms with Crippen molar-refractivity contribution in [3.63, 3.8) is 0 Å². The molecule has 0 unspecified atom stereocenters. The van der Waals surface area contributed by atoms with E-state index >= 15 is 0 Å². The van der Waals surface area contributed by atoms with Crippen LogP contribution in [-0.4, -0.2) is 68.7 Å². The SMILES string of the molecule is CCN(CC)c1ccc2c(O)c(C=CC=Cc3cc(C(C)(C)C)oc4cc(=[N+](CCCS(=O)(=O)O)CCCS(=O)(=O)O)ccc3-4)c(=O)oc2c1. The molecule has 2 aromatic rings. The lowest BCUT2D eigenvalue weighted by Crippen LogP contribution is -2.33. The molecule has 0 saturated carbocycles. The van der Waals surface area contributed by atoms with Gasteiger partial charge in [-0.05, 0) is 49.8 Å². The van der Waals surface area contributed by atoms with E-state index in [9.17, 15) is 35.8 Å². The summed E-state index contributed by atoms with van der Waals surface area (Å²) < 4.78 is 77.4. The highest BCUT2D eigenvalue weighted by Gasteiger charge is 2.22. The molecule has 14 heteroatoms. The fraction of sp³-hybridized carbons (Fsp3) is 0.389. The Morgan fingerprint density at radius 3 is 2.04 bits per heavy atom. The molecule has 0 radical (unpaired) electrons. The number of nitrogens with zero attached hydrogens (tertiary/aromatic N) is 2. The van der Waals surface area contributed by atoms with Gasteiger partial charge in [0.1, 0.15) is 41.5 Å². The molecule has 1 aliphatic heterocycles. The lowest BCUT2D eigenvalue weighted by atomic mass is 9.90. The predicted octanol–water partition coefficient (Wildman–Crippen LogP) is 5.39. The van der Waals surface area contributed by atoms with Gasteiger partial charge in [0.05, 0.1) is 23.0 Å². The van der Waals surface area contributed by atoms with Gasteiger partial charge in [-0.15, -0.1) is 0 Å². The Kier molecular flexibility index (Phi) is 12.1. The number of hydrogen-bond acceptors (Lipinski definition) is 9. The molecule has 12 nitrogen and oxygen atoms in total. The van der Waals surface area contributed by atoms with Crippen LogP contribution in [0.2, 0.25) is 0 Å². The number of fused-ring (bicyclic) bond motifs is 2. The van der Waals surface area contributed by atoms with E-state index in [1.807, 2.05) is 58.9 Å². The van der Waals surface area contributed by atoms with Crippen LogP contribution in [-0.2, 0) is 25.7 Å². The molecular formula is C36H45N2O10S2+. The third-order valence-electron chi connectivity index (χ3n) is 8.22. The minimum Gasteiger partial charge on any atom is -0.506 e. The molecule has 3 N–H and O–H groups in total. The first-order chi connectivity index (χ1) is 23.4. The molecule has 4 rings (SSSR count). The van der Waals surface area contributed by atoms with Crippen molar-refractivity contribution in [2.24, 2.45) is 0 Å². The van der Waals surface area contributed by atoms with E-state index in [4.69, 9.17) is 8.83 Å². The number of rotatable bonds is 14. The first-order valence-electron chi connectivity index (χ1n) is 16.4. The fourth-order valence-corrected chi connectivity index (χ4v) is 6.57. The molecule has 0 spiro atoms. The van der Waals surface area contributed by atoms with Gasteiger partial charge in [-0.3, -0.25) is 9.11 Å². The zero-order chi connectivity index (χ0) is 36.9. The van der Waals surface area contributed by atoms with E-state index in [0.717, 1.165) is 29.9 Å². The van der Waals surface area contributed by atoms with Crippen molar-refractivity contribution in [1.82, 2.24) is 4.58 Å². The predicted molar refractivity (Wildman–Crippen MR) is 197 cm³/mol. The van der Waals surface area contributed by atoms with Gasteiger partial charge in [0.2, 0.25) is 5.36 Å². The molecule has 50 heavy (non-hydrogen) atoms. The van der Waals surface area contributed by atoms with Gasteiger partial charge in [-0.2, -0.15) is 16.8 Å². The summed E-state index contributed by atoms with van der Waals surface area (Å²) in [4.78, 5) is 15.0. The molecule has 2 heterocycles. The smallest absolute Gasteiger partial charge is 0.347 e. The lowest BCUT2D eigenvalue weighted by Gasteiger charge is -2.21. The maximum absolute atomic E-state index is 12.9. The third kappa shape index (κ3) is 10.2. The lowest BCUT2D eigenvalue weighted by molar-refractivity contribution is 0.404. The van der Waals surface area contributed by atoms with E-state index in [0.29, 0.717) is 27.8 Å². The standard InChI is InChI=1S/C36H44N2O10S2/c1-6-37(7-2)26-15-17-29-32(23-26)48-35(40)30(34(29)39)13-9-8-12-25-22-33(36(3,4)5)47-31-24-27(14-16-28(25)31)38(18-10-20-49(41,42)43)19-11-21-50(44,45)46/h8-9,12-17,22-24H,6-7,10-11,18-21H2,1-5H3,(H2,41,42,43,44,45,46)/p+1. The van der Waals surface area contributed by atoms with E-state index in [-0.39, 0.29) is 42.7 Å². The van der Waals surface area contributed by atoms with Crippen LogP contribution in [0.4, 0.5) is 5.69 Å². The van der Waals surface area contributed by atoms with Crippen molar-refractivity contribution in [1.29, 1.82) is 0 Å². The average Bonchev–Trinajstić information content (AvgIpc) is 3.02. The van der Waals surface area contributed by atoms with Gasteiger partial charge in [-0.25, -0.2) is 9.37 Å². The summed E-state index contributed by atoms with van der Waals surface area (Å²) in [6, 6.07) is 12.7. The minimum absolute atomic E-state index is 0.0220. The fourth-order valence-electron chi connectivity index (χ4n) is 5.58. The Morgan fingerprint density at radius 2 is 1.46 bits per heavy atom. The number of benzene rings is 2. The molecule has 0 bridgehead atoms. The summed E-state index contributed by atoms with van der Waals surface area (Å²) >= 11 is 0. The molecule has 2 aliphatic rings. The minimum atomic E-state index is -4.19. The van der Waals surface area contributed by atoms with Gasteiger partial charge in [0.25, 0.3) is 20.2 Å². The maximum Gasteiger partial charge on any atom is 0.347 e. The second-order valence-electron chi connectivity index (χ2n) is 13.0. The van der Waals surface area contributed by atoms with Gasteiger partial charge in [0.15, 0.2) is 0 Å². The molecule has 1 aromatic carbocycles. The number of anilines is 1. The van der Waals surface area contributed by atoms with Gasteiger partial charge in [0, 0.05) is 54.7 Å². The van der Waals surface area contributed by atoms with Crippen molar-refractivity contribution >= 4 is 49.0 Å². The zero-order valence-corrected chi connectivity index (χ0v) is 30.6. The van der Waals surface area contributed by atoms with Crippen LogP contribution in [0.15, 0.2) is 68.2 Å². The Morgan fingerprint density at radius 1 is 0.840 bits per heavy atom. The third-order valence-corrected chi connectivity index (χ3v) is 9.83. The Balaban J connectivity index is 1.72. The summed E-state index contributed by atoms with van der Waals surface area (Å²) in [5, 5.41) is 12.0. The summed E-state index contributed by atoms with van der Waals surface area (Å²) in [6.07, 6.45) is 6.88. The topological polar surface area (TPSA) is 179 Å². The highest BCUT2D eigenvalue weighted by atomic mass is 32.2. The summed E-state index contributed by atoms with van der Waals surface area (Å²) in [5.41, 5.74) is 1.72. The maximum atomic E-state index is 12.9. The van der Waals surface area contributed by atoms with Crippen molar-refractivity contribution in [2.75, 3.05) is 42.6 Å². The van der Waals surface area contributed by atoms with Crippen LogP contribution in [0, 0.1) is 0 Å². The largest absolute Gasteiger partial charge is 0.506 e. The summed E-state index contributed by atoms with van der Waals surface area (Å²) in [7, 11) is -8.38. The number of aromatic hydroxyl groups is 1. The summed E-state index contributed by atoms with van der Waals surface area (Å²) in [5.74, 6) is 0.0907. The monoisotopic (exact) mass is 729 g/mol. The number of allylic oxidation sites excluding steroid dienone is 2. The van der Waals surface area contributed by atoms with Crippen molar-refractivity contribution in [3.05, 3.63) is 87.3 Å².